The van der Waals surface area contributed by atoms with Gasteiger partial charge in [0.25, 0.3) is 0 Å². The van der Waals surface area contributed by atoms with Crippen LogP contribution in [0.4, 0.5) is 4.79 Å². The minimum atomic E-state index is -2.96. The van der Waals surface area contributed by atoms with E-state index in [2.05, 4.69) is 5.32 Å². The molecule has 0 bridgehead atoms. The zero-order valence-corrected chi connectivity index (χ0v) is 10.3. The summed E-state index contributed by atoms with van der Waals surface area (Å²) >= 11 is 0. The third-order valence-corrected chi connectivity index (χ3v) is 5.21. The highest BCUT2D eigenvalue weighted by atomic mass is 32.2. The Kier molecular flexibility index (Phi) is 2.86. The summed E-state index contributed by atoms with van der Waals surface area (Å²) in [5.74, 6) is 0.253. The summed E-state index contributed by atoms with van der Waals surface area (Å²) in [5.41, 5.74) is -0.571. The zero-order valence-electron chi connectivity index (χ0n) is 9.53. The minimum Gasteiger partial charge on any atom is -0.332 e. The Bertz CT molecular complexity index is 387. The van der Waals surface area contributed by atoms with Gasteiger partial charge in [-0.1, -0.05) is 0 Å². The van der Waals surface area contributed by atoms with E-state index < -0.39 is 15.4 Å². The van der Waals surface area contributed by atoms with Gasteiger partial charge in [-0.2, -0.15) is 0 Å². The van der Waals surface area contributed by atoms with Crippen molar-refractivity contribution in [2.45, 2.75) is 31.7 Å². The Balaban J connectivity index is 1.96. The van der Waals surface area contributed by atoms with Crippen molar-refractivity contribution in [2.24, 2.45) is 0 Å². The van der Waals surface area contributed by atoms with Gasteiger partial charge in [0.05, 0.1) is 17.0 Å². The molecule has 0 aromatic heterocycles. The van der Waals surface area contributed by atoms with Gasteiger partial charge in [0.15, 0.2) is 9.84 Å². The fraction of sp³-hybridized carbons (Fsp3) is 0.900. The number of urea groups is 1. The number of nitrogens with zero attached hydrogens (tertiary/aromatic N) is 1. The molecular weight excluding hydrogens is 228 g/mol. The molecule has 1 N–H and O–H groups in total. The molecular formula is C10H18N2O3S. The van der Waals surface area contributed by atoms with E-state index in [9.17, 15) is 13.2 Å². The van der Waals surface area contributed by atoms with Gasteiger partial charge in [0, 0.05) is 13.1 Å². The molecule has 2 rings (SSSR count). The molecule has 0 aliphatic carbocycles. The summed E-state index contributed by atoms with van der Waals surface area (Å²) in [6.45, 7) is 3.38. The summed E-state index contributed by atoms with van der Waals surface area (Å²) in [5, 5.41) is 2.86. The van der Waals surface area contributed by atoms with Crippen LogP contribution in [0.1, 0.15) is 26.2 Å². The van der Waals surface area contributed by atoms with E-state index >= 15 is 0 Å². The SMILES string of the molecule is CC1(NC(=O)N2CCCC2)CCS(=O)(=O)C1. The van der Waals surface area contributed by atoms with Gasteiger partial charge in [0.2, 0.25) is 0 Å². The number of hydrogen-bond donors (Lipinski definition) is 1. The van der Waals surface area contributed by atoms with Crippen LogP contribution >= 0.6 is 0 Å². The van der Waals surface area contributed by atoms with Gasteiger partial charge >= 0.3 is 6.03 Å². The minimum absolute atomic E-state index is 0.0690. The number of hydrogen-bond acceptors (Lipinski definition) is 3. The first-order valence-electron chi connectivity index (χ1n) is 5.68. The van der Waals surface area contributed by atoms with Crippen LogP contribution in [0.15, 0.2) is 0 Å². The molecule has 1 unspecified atom stereocenters. The molecule has 92 valence electrons. The number of carbonyl (C=O) groups is 1. The summed E-state index contributed by atoms with van der Waals surface area (Å²) < 4.78 is 22.8. The van der Waals surface area contributed by atoms with Crippen molar-refractivity contribution in [3.63, 3.8) is 0 Å². The predicted octanol–water partition coefficient (Wildman–Crippen LogP) is 0.369. The van der Waals surface area contributed by atoms with Crippen LogP contribution < -0.4 is 5.32 Å². The van der Waals surface area contributed by atoms with Gasteiger partial charge in [-0.3, -0.25) is 0 Å². The lowest BCUT2D eigenvalue weighted by molar-refractivity contribution is 0.198. The van der Waals surface area contributed by atoms with Crippen LogP contribution in [0.2, 0.25) is 0 Å². The number of sulfone groups is 1. The van der Waals surface area contributed by atoms with Crippen LogP contribution in [0.3, 0.4) is 0 Å². The fourth-order valence-corrected chi connectivity index (χ4v) is 4.46. The topological polar surface area (TPSA) is 66.5 Å². The van der Waals surface area contributed by atoms with Crippen LogP contribution in [0.25, 0.3) is 0 Å². The predicted molar refractivity (Wildman–Crippen MR) is 61.0 cm³/mol. The van der Waals surface area contributed by atoms with Crippen LogP contribution in [-0.4, -0.2) is 49.5 Å². The Morgan fingerprint density at radius 2 is 1.94 bits per heavy atom. The third-order valence-electron chi connectivity index (χ3n) is 3.31. The monoisotopic (exact) mass is 246 g/mol. The smallest absolute Gasteiger partial charge is 0.317 e. The number of nitrogens with one attached hydrogen (secondary N) is 1. The molecule has 16 heavy (non-hydrogen) atoms. The third kappa shape index (κ3) is 2.48. The van der Waals surface area contributed by atoms with E-state index in [1.54, 1.807) is 4.90 Å². The maximum absolute atomic E-state index is 11.8. The van der Waals surface area contributed by atoms with Crippen molar-refractivity contribution in [3.8, 4) is 0 Å². The molecule has 2 aliphatic rings. The molecule has 0 aromatic rings. The number of carbonyl (C=O) groups excluding carboxylic acids is 1. The van der Waals surface area contributed by atoms with E-state index in [4.69, 9.17) is 0 Å². The quantitative estimate of drug-likeness (QED) is 0.727. The lowest BCUT2D eigenvalue weighted by Crippen LogP contribution is -2.51. The van der Waals surface area contributed by atoms with Crippen molar-refractivity contribution in [3.05, 3.63) is 0 Å². The van der Waals surface area contributed by atoms with Crippen LogP contribution in [0.5, 0.6) is 0 Å². The van der Waals surface area contributed by atoms with E-state index in [0.29, 0.717) is 6.42 Å². The van der Waals surface area contributed by atoms with Gasteiger partial charge in [-0.25, -0.2) is 13.2 Å². The summed E-state index contributed by atoms with van der Waals surface area (Å²) in [6.07, 6.45) is 2.61. The molecule has 2 saturated heterocycles. The normalized spacial score (nSPS) is 32.9. The molecule has 5 nitrogen and oxygen atoms in total. The molecule has 2 heterocycles. The second kappa shape index (κ2) is 3.91. The molecule has 2 aliphatic heterocycles. The van der Waals surface area contributed by atoms with E-state index in [0.717, 1.165) is 25.9 Å². The molecule has 1 atom stereocenters. The van der Waals surface area contributed by atoms with Gasteiger partial charge in [-0.15, -0.1) is 0 Å². The fourth-order valence-electron chi connectivity index (χ4n) is 2.37. The maximum Gasteiger partial charge on any atom is 0.317 e. The van der Waals surface area contributed by atoms with Crippen molar-refractivity contribution < 1.29 is 13.2 Å². The van der Waals surface area contributed by atoms with Crippen molar-refractivity contribution in [1.29, 1.82) is 0 Å². The Morgan fingerprint density at radius 3 is 2.44 bits per heavy atom. The first kappa shape index (κ1) is 11.7. The average Bonchev–Trinajstić information content (AvgIpc) is 2.73. The van der Waals surface area contributed by atoms with Crippen molar-refractivity contribution >= 4 is 15.9 Å². The molecule has 0 aromatic carbocycles. The van der Waals surface area contributed by atoms with Crippen LogP contribution in [-0.2, 0) is 9.84 Å². The molecule has 0 saturated carbocycles. The highest BCUT2D eigenvalue weighted by Crippen LogP contribution is 2.23. The van der Waals surface area contributed by atoms with Gasteiger partial charge in [0.1, 0.15) is 0 Å². The maximum atomic E-state index is 11.8. The van der Waals surface area contributed by atoms with E-state index in [-0.39, 0.29) is 17.5 Å². The molecule has 0 spiro atoms. The molecule has 6 heteroatoms. The second-order valence-corrected chi connectivity index (χ2v) is 7.21. The summed E-state index contributed by atoms with van der Waals surface area (Å²) in [7, 11) is -2.96. The Labute approximate surface area is 96.1 Å². The Morgan fingerprint density at radius 1 is 1.31 bits per heavy atom. The lowest BCUT2D eigenvalue weighted by Gasteiger charge is -2.27. The number of rotatable bonds is 1. The van der Waals surface area contributed by atoms with E-state index in [1.165, 1.54) is 0 Å². The highest BCUT2D eigenvalue weighted by molar-refractivity contribution is 7.91. The van der Waals surface area contributed by atoms with Gasteiger partial charge in [-0.05, 0) is 26.2 Å². The first-order valence-corrected chi connectivity index (χ1v) is 7.50. The largest absolute Gasteiger partial charge is 0.332 e. The summed E-state index contributed by atoms with van der Waals surface area (Å²) in [6, 6.07) is -0.114. The molecule has 2 fully saturated rings. The first-order chi connectivity index (χ1) is 7.40. The highest BCUT2D eigenvalue weighted by Gasteiger charge is 2.40. The van der Waals surface area contributed by atoms with Crippen molar-refractivity contribution in [2.75, 3.05) is 24.6 Å². The lowest BCUT2D eigenvalue weighted by atomic mass is 10.0. The average molecular weight is 246 g/mol. The molecule has 2 amide bonds. The summed E-state index contributed by atoms with van der Waals surface area (Å²) in [4.78, 5) is 13.6. The number of amides is 2. The second-order valence-electron chi connectivity index (χ2n) is 5.03. The standard InChI is InChI=1S/C10H18N2O3S/c1-10(4-7-16(14,15)8-10)11-9(13)12-5-2-3-6-12/h2-8H2,1H3,(H,11,13). The van der Waals surface area contributed by atoms with Crippen molar-refractivity contribution in [1.82, 2.24) is 10.2 Å². The van der Waals surface area contributed by atoms with Crippen LogP contribution in [0, 0.1) is 0 Å². The van der Waals surface area contributed by atoms with Gasteiger partial charge < -0.3 is 10.2 Å². The Hall–Kier alpha value is -0.780. The molecule has 0 radical (unpaired) electrons. The van der Waals surface area contributed by atoms with E-state index in [1.807, 2.05) is 6.92 Å². The number of likely N-dealkylation sites (tertiary alicyclic amines) is 1. The zero-order chi connectivity index (χ0) is 11.8.